The summed E-state index contributed by atoms with van der Waals surface area (Å²) in [5, 5.41) is 9.87. The van der Waals surface area contributed by atoms with Gasteiger partial charge < -0.3 is 19.7 Å². The van der Waals surface area contributed by atoms with E-state index in [1.54, 1.807) is 13.4 Å². The normalized spacial score (nSPS) is 21.1. The Morgan fingerprint density at radius 3 is 2.76 bits per heavy atom. The summed E-state index contributed by atoms with van der Waals surface area (Å²) in [6.07, 6.45) is 6.45. The molecule has 2 saturated carbocycles. The average molecular weight is 393 g/mol. The van der Waals surface area contributed by atoms with Crippen LogP contribution in [0, 0.1) is 16.7 Å². The van der Waals surface area contributed by atoms with Gasteiger partial charge in [-0.2, -0.15) is 5.26 Å². The number of piperazine rings is 1. The molecule has 1 spiro atoms. The lowest BCUT2D eigenvalue weighted by Crippen LogP contribution is -2.60. The van der Waals surface area contributed by atoms with Crippen molar-refractivity contribution in [2.75, 3.05) is 38.1 Å². The molecule has 1 aliphatic heterocycles. The van der Waals surface area contributed by atoms with Gasteiger partial charge in [-0.05, 0) is 31.7 Å². The molecule has 0 atom stereocenters. The highest BCUT2D eigenvalue weighted by Gasteiger charge is 2.64. The van der Waals surface area contributed by atoms with Crippen LogP contribution in [0.4, 0.5) is 5.82 Å². The third-order valence-electron chi connectivity index (χ3n) is 6.58. The van der Waals surface area contributed by atoms with Crippen molar-refractivity contribution in [3.8, 4) is 6.07 Å². The van der Waals surface area contributed by atoms with Crippen molar-refractivity contribution in [3.63, 3.8) is 0 Å². The van der Waals surface area contributed by atoms with Gasteiger partial charge in [0, 0.05) is 32.9 Å². The summed E-state index contributed by atoms with van der Waals surface area (Å²) in [6.45, 7) is 1.97. The Kier molecular flexibility index (Phi) is 3.81. The van der Waals surface area contributed by atoms with Gasteiger partial charge >= 0.3 is 0 Å². The minimum absolute atomic E-state index is 0.00710. The summed E-state index contributed by atoms with van der Waals surface area (Å²) in [6, 6.07) is 3.97. The molecule has 3 fully saturated rings. The molecule has 9 heteroatoms. The molecule has 9 nitrogen and oxygen atoms in total. The molecule has 5 rings (SSSR count). The second-order valence-electron chi connectivity index (χ2n) is 8.44. The highest BCUT2D eigenvalue weighted by Crippen LogP contribution is 2.53. The van der Waals surface area contributed by atoms with E-state index < -0.39 is 5.41 Å². The van der Waals surface area contributed by atoms with Gasteiger partial charge in [0.1, 0.15) is 29.8 Å². The van der Waals surface area contributed by atoms with Crippen molar-refractivity contribution < 1.29 is 9.59 Å². The molecule has 2 amide bonds. The first-order valence-corrected chi connectivity index (χ1v) is 9.98. The smallest absolute Gasteiger partial charge is 0.238 e. The summed E-state index contributed by atoms with van der Waals surface area (Å²) >= 11 is 0. The topological polar surface area (TPSA) is 109 Å². The molecule has 3 aliphatic rings. The van der Waals surface area contributed by atoms with Crippen molar-refractivity contribution in [2.24, 2.45) is 5.41 Å². The zero-order valence-corrected chi connectivity index (χ0v) is 16.4. The molecule has 2 aromatic rings. The van der Waals surface area contributed by atoms with Crippen molar-refractivity contribution in [1.82, 2.24) is 24.8 Å². The zero-order valence-electron chi connectivity index (χ0n) is 16.4. The van der Waals surface area contributed by atoms with Crippen LogP contribution in [0.5, 0.6) is 0 Å². The van der Waals surface area contributed by atoms with Gasteiger partial charge in [-0.3, -0.25) is 9.59 Å². The fourth-order valence-corrected chi connectivity index (χ4v) is 4.60. The van der Waals surface area contributed by atoms with Crippen molar-refractivity contribution in [1.29, 1.82) is 5.26 Å². The quantitative estimate of drug-likeness (QED) is 0.611. The Labute approximate surface area is 168 Å². The summed E-state index contributed by atoms with van der Waals surface area (Å²) < 4.78 is 0. The number of anilines is 1. The van der Waals surface area contributed by atoms with E-state index in [9.17, 15) is 9.59 Å². The predicted octanol–water partition coefficient (Wildman–Crippen LogP) is 0.901. The van der Waals surface area contributed by atoms with E-state index in [-0.39, 0.29) is 23.9 Å². The highest BCUT2D eigenvalue weighted by molar-refractivity contribution is 6.08. The van der Waals surface area contributed by atoms with E-state index in [0.717, 1.165) is 29.7 Å². The number of amides is 2. The molecule has 2 aromatic heterocycles. The highest BCUT2D eigenvalue weighted by atomic mass is 16.2. The van der Waals surface area contributed by atoms with Gasteiger partial charge in [-0.15, -0.1) is 0 Å². The number of rotatable bonds is 4. The lowest BCUT2D eigenvalue weighted by molar-refractivity contribution is -0.150. The first kappa shape index (κ1) is 17.9. The molecule has 1 N–H and O–H groups in total. The van der Waals surface area contributed by atoms with Crippen LogP contribution in [0.25, 0.3) is 11.0 Å². The van der Waals surface area contributed by atoms with Crippen molar-refractivity contribution in [3.05, 3.63) is 18.6 Å². The molecule has 0 bridgehead atoms. The molecule has 0 unspecified atom stereocenters. The van der Waals surface area contributed by atoms with Crippen LogP contribution in [0.2, 0.25) is 0 Å². The Hall–Kier alpha value is -3.15. The van der Waals surface area contributed by atoms with Crippen LogP contribution in [-0.2, 0) is 9.59 Å². The lowest BCUT2D eigenvalue weighted by Gasteiger charge is -2.44. The fourth-order valence-electron chi connectivity index (χ4n) is 4.60. The first-order chi connectivity index (χ1) is 14.0. The van der Waals surface area contributed by atoms with Crippen LogP contribution < -0.4 is 4.90 Å². The second kappa shape index (κ2) is 6.17. The second-order valence-corrected chi connectivity index (χ2v) is 8.44. The summed E-state index contributed by atoms with van der Waals surface area (Å²) in [5.74, 6) is 0.617. The van der Waals surface area contributed by atoms with Crippen LogP contribution in [0.15, 0.2) is 18.6 Å². The number of nitriles is 1. The standard InChI is InChI=1S/C20H23N7O2/c1-25(9-7-21)17(28)20(5-6-20)18(29)27-11-10-26(12-19(27)3-4-19)16-14-2-8-22-15(14)23-13-24-16/h2,8,13H,3-6,9-12H2,1H3,(H,22,23,24). The monoisotopic (exact) mass is 393 g/mol. The Morgan fingerprint density at radius 2 is 2.07 bits per heavy atom. The van der Waals surface area contributed by atoms with Gasteiger partial charge in [0.05, 0.1) is 17.0 Å². The van der Waals surface area contributed by atoms with Crippen LogP contribution >= 0.6 is 0 Å². The van der Waals surface area contributed by atoms with E-state index in [1.165, 1.54) is 4.90 Å². The van der Waals surface area contributed by atoms with Crippen molar-refractivity contribution >= 4 is 28.7 Å². The Bertz CT molecular complexity index is 1030. The van der Waals surface area contributed by atoms with Gasteiger partial charge in [0.25, 0.3) is 0 Å². The van der Waals surface area contributed by atoms with E-state index >= 15 is 0 Å². The molecule has 3 heterocycles. The summed E-state index contributed by atoms with van der Waals surface area (Å²) in [4.78, 5) is 43.7. The molecule has 0 aromatic carbocycles. The third kappa shape index (κ3) is 2.66. The molecule has 2 aliphatic carbocycles. The van der Waals surface area contributed by atoms with Gasteiger partial charge in [0.2, 0.25) is 11.8 Å². The number of fused-ring (bicyclic) bond motifs is 1. The number of nitrogens with one attached hydrogen (secondary N) is 1. The maximum Gasteiger partial charge on any atom is 0.238 e. The summed E-state index contributed by atoms with van der Waals surface area (Å²) in [5.41, 5.74) is -0.361. The van der Waals surface area contributed by atoms with E-state index in [0.29, 0.717) is 32.5 Å². The lowest BCUT2D eigenvalue weighted by atomic mass is 9.99. The number of hydrogen-bond donors (Lipinski definition) is 1. The van der Waals surface area contributed by atoms with Crippen LogP contribution in [0.3, 0.4) is 0 Å². The average Bonchev–Trinajstić information content (AvgIpc) is 3.64. The minimum Gasteiger partial charge on any atom is -0.352 e. The Morgan fingerprint density at radius 1 is 1.28 bits per heavy atom. The van der Waals surface area contributed by atoms with Gasteiger partial charge in [0.15, 0.2) is 0 Å². The number of nitrogens with zero attached hydrogens (tertiary/aromatic N) is 6. The molecule has 29 heavy (non-hydrogen) atoms. The molecular formula is C20H23N7O2. The maximum atomic E-state index is 13.4. The van der Waals surface area contributed by atoms with E-state index in [4.69, 9.17) is 5.26 Å². The van der Waals surface area contributed by atoms with Crippen molar-refractivity contribution in [2.45, 2.75) is 31.2 Å². The minimum atomic E-state index is -0.952. The Balaban J connectivity index is 1.37. The third-order valence-corrected chi connectivity index (χ3v) is 6.58. The van der Waals surface area contributed by atoms with E-state index in [1.807, 2.05) is 23.2 Å². The number of aromatic nitrogens is 3. The predicted molar refractivity (Wildman–Crippen MR) is 105 cm³/mol. The van der Waals surface area contributed by atoms with Gasteiger partial charge in [-0.1, -0.05) is 0 Å². The first-order valence-electron chi connectivity index (χ1n) is 9.98. The van der Waals surface area contributed by atoms with E-state index in [2.05, 4.69) is 19.9 Å². The maximum absolute atomic E-state index is 13.4. The van der Waals surface area contributed by atoms with Gasteiger partial charge in [-0.25, -0.2) is 9.97 Å². The number of carbonyl (C=O) groups is 2. The summed E-state index contributed by atoms with van der Waals surface area (Å²) in [7, 11) is 1.60. The van der Waals surface area contributed by atoms with Crippen LogP contribution in [-0.4, -0.2) is 75.3 Å². The number of hydrogen-bond acceptors (Lipinski definition) is 6. The zero-order chi connectivity index (χ0) is 20.2. The number of H-pyrrole nitrogens is 1. The molecule has 0 radical (unpaired) electrons. The number of aromatic amines is 1. The van der Waals surface area contributed by atoms with Crippen LogP contribution in [0.1, 0.15) is 25.7 Å². The largest absolute Gasteiger partial charge is 0.352 e. The molecule has 150 valence electrons. The molecular weight excluding hydrogens is 370 g/mol. The number of carbonyl (C=O) groups excluding carboxylic acids is 2. The molecule has 1 saturated heterocycles. The SMILES string of the molecule is CN(CC#N)C(=O)C1(C(=O)N2CCN(c3ncnc4[nH]ccc34)CC23CC3)CC1. The fraction of sp³-hybridized carbons (Fsp3) is 0.550.